The standard InChI is InChI=1S/C25H13BrCl2N4O3/c26-18-9-14(10-19(28)23(18)34-8-7-29)13-30-32-24(31-20-4-2-1-3-17(20)25(32)33)22-12-15-11-16(27)5-6-21(15)35-22/h1-6,9-13H,8H2. The molecule has 0 unspecified atom stereocenters. The van der Waals surface area contributed by atoms with Gasteiger partial charge in [0.1, 0.15) is 11.7 Å². The van der Waals surface area contributed by atoms with Gasteiger partial charge in [0.15, 0.2) is 18.1 Å². The van der Waals surface area contributed by atoms with Crippen LogP contribution in [0, 0.1) is 11.3 Å². The summed E-state index contributed by atoms with van der Waals surface area (Å²) in [6.45, 7) is -0.143. The molecule has 0 saturated heterocycles. The van der Waals surface area contributed by atoms with Crippen molar-refractivity contribution in [2.45, 2.75) is 0 Å². The molecule has 0 bridgehead atoms. The van der Waals surface area contributed by atoms with Gasteiger partial charge in [-0.25, -0.2) is 4.98 Å². The van der Waals surface area contributed by atoms with Crippen LogP contribution in [0.1, 0.15) is 5.56 Å². The quantitative estimate of drug-likeness (QED) is 0.221. The van der Waals surface area contributed by atoms with E-state index in [4.69, 9.17) is 37.6 Å². The van der Waals surface area contributed by atoms with Gasteiger partial charge in [-0.2, -0.15) is 15.0 Å². The minimum atomic E-state index is -0.362. The summed E-state index contributed by atoms with van der Waals surface area (Å²) in [7, 11) is 0. The van der Waals surface area contributed by atoms with E-state index in [1.807, 2.05) is 6.07 Å². The molecule has 0 radical (unpaired) electrons. The largest absolute Gasteiger partial charge is 0.476 e. The van der Waals surface area contributed by atoms with Crippen molar-refractivity contribution in [2.24, 2.45) is 5.10 Å². The van der Waals surface area contributed by atoms with Gasteiger partial charge in [-0.15, -0.1) is 0 Å². The zero-order chi connectivity index (χ0) is 24.5. The molecule has 0 aliphatic rings. The molecular weight excluding hydrogens is 555 g/mol. The highest BCUT2D eigenvalue weighted by Gasteiger charge is 2.17. The third-order valence-corrected chi connectivity index (χ3v) is 6.18. The maximum atomic E-state index is 13.4. The summed E-state index contributed by atoms with van der Waals surface area (Å²) in [6.07, 6.45) is 1.48. The van der Waals surface area contributed by atoms with E-state index < -0.39 is 0 Å². The third kappa shape index (κ3) is 4.54. The second-order valence-electron chi connectivity index (χ2n) is 7.37. The molecule has 2 aromatic heterocycles. The van der Waals surface area contributed by atoms with E-state index in [2.05, 4.69) is 26.0 Å². The Kier molecular flexibility index (Phi) is 6.31. The second kappa shape index (κ2) is 9.55. The maximum Gasteiger partial charge on any atom is 0.282 e. The fraction of sp³-hybridized carbons (Fsp3) is 0.0400. The fourth-order valence-corrected chi connectivity index (χ4v) is 4.70. The fourth-order valence-electron chi connectivity index (χ4n) is 3.54. The number of rotatable bonds is 5. The summed E-state index contributed by atoms with van der Waals surface area (Å²) in [4.78, 5) is 18.0. The molecule has 172 valence electrons. The SMILES string of the molecule is N#CCOc1c(Cl)cc(C=Nn2c(-c3cc4cc(Cl)ccc4o3)nc3ccccc3c2=O)cc1Br. The first-order valence-electron chi connectivity index (χ1n) is 10.2. The van der Waals surface area contributed by atoms with Crippen LogP contribution in [0.25, 0.3) is 33.5 Å². The predicted octanol–water partition coefficient (Wildman–Crippen LogP) is 6.66. The lowest BCUT2D eigenvalue weighted by Gasteiger charge is -2.09. The van der Waals surface area contributed by atoms with E-state index >= 15 is 0 Å². The Bertz CT molecular complexity index is 1710. The average molecular weight is 568 g/mol. The average Bonchev–Trinajstić information content (AvgIpc) is 3.26. The van der Waals surface area contributed by atoms with Crippen LogP contribution in [0.15, 0.2) is 79.4 Å². The first-order chi connectivity index (χ1) is 16.9. The number of hydrogen-bond donors (Lipinski definition) is 0. The minimum absolute atomic E-state index is 0.143. The van der Waals surface area contributed by atoms with Crippen LogP contribution in [-0.2, 0) is 0 Å². The number of para-hydroxylation sites is 1. The zero-order valence-electron chi connectivity index (χ0n) is 17.7. The number of fused-ring (bicyclic) bond motifs is 2. The van der Waals surface area contributed by atoms with Crippen LogP contribution in [0.2, 0.25) is 10.0 Å². The van der Waals surface area contributed by atoms with Gasteiger partial charge in [0.25, 0.3) is 5.56 Å². The van der Waals surface area contributed by atoms with Crippen molar-refractivity contribution in [1.29, 1.82) is 5.26 Å². The van der Waals surface area contributed by atoms with Gasteiger partial charge in [0.05, 0.1) is 26.6 Å². The number of nitrogens with zero attached hydrogens (tertiary/aromatic N) is 4. The number of nitriles is 1. The smallest absolute Gasteiger partial charge is 0.282 e. The molecule has 0 spiro atoms. The summed E-state index contributed by atoms with van der Waals surface area (Å²) in [5.41, 5.74) is 1.35. The van der Waals surface area contributed by atoms with Crippen LogP contribution in [-0.4, -0.2) is 22.5 Å². The van der Waals surface area contributed by atoms with Crippen molar-refractivity contribution in [1.82, 2.24) is 9.66 Å². The van der Waals surface area contributed by atoms with E-state index in [1.165, 1.54) is 10.9 Å². The lowest BCUT2D eigenvalue weighted by Crippen LogP contribution is -2.20. The second-order valence-corrected chi connectivity index (χ2v) is 9.07. The van der Waals surface area contributed by atoms with Gasteiger partial charge in [0.2, 0.25) is 5.82 Å². The van der Waals surface area contributed by atoms with Gasteiger partial charge in [-0.3, -0.25) is 4.79 Å². The van der Waals surface area contributed by atoms with Crippen LogP contribution in [0.4, 0.5) is 0 Å². The van der Waals surface area contributed by atoms with E-state index in [0.717, 1.165) is 5.39 Å². The summed E-state index contributed by atoms with van der Waals surface area (Å²) in [5.74, 6) is 0.940. The minimum Gasteiger partial charge on any atom is -0.476 e. The maximum absolute atomic E-state index is 13.4. The Labute approximate surface area is 216 Å². The summed E-state index contributed by atoms with van der Waals surface area (Å²) in [5, 5.41) is 15.2. The Morgan fingerprint density at radius 2 is 2.00 bits per heavy atom. The topological polar surface area (TPSA) is 93.4 Å². The molecule has 7 nitrogen and oxygen atoms in total. The van der Waals surface area contributed by atoms with E-state index in [1.54, 1.807) is 60.7 Å². The lowest BCUT2D eigenvalue weighted by atomic mass is 10.2. The van der Waals surface area contributed by atoms with E-state index in [9.17, 15) is 4.79 Å². The Hall–Kier alpha value is -3.64. The number of halogens is 3. The Morgan fingerprint density at radius 1 is 1.17 bits per heavy atom. The van der Waals surface area contributed by atoms with Crippen molar-refractivity contribution in [3.63, 3.8) is 0 Å². The summed E-state index contributed by atoms with van der Waals surface area (Å²) < 4.78 is 13.0. The predicted molar refractivity (Wildman–Crippen MR) is 139 cm³/mol. The highest BCUT2D eigenvalue weighted by atomic mass is 79.9. The van der Waals surface area contributed by atoms with Crippen molar-refractivity contribution in [3.8, 4) is 23.4 Å². The van der Waals surface area contributed by atoms with Crippen LogP contribution < -0.4 is 10.3 Å². The molecular formula is C25H13BrCl2N4O3. The molecule has 0 atom stereocenters. The van der Waals surface area contributed by atoms with Gasteiger partial charge in [-0.05, 0) is 70.0 Å². The number of benzene rings is 3. The first kappa shape index (κ1) is 23.1. The van der Waals surface area contributed by atoms with Crippen LogP contribution in [0.5, 0.6) is 5.75 Å². The molecule has 0 aliphatic heterocycles. The lowest BCUT2D eigenvalue weighted by molar-refractivity contribution is 0.366. The molecule has 3 aromatic carbocycles. The van der Waals surface area contributed by atoms with Crippen LogP contribution >= 0.6 is 39.1 Å². The summed E-state index contributed by atoms with van der Waals surface area (Å²) >= 11 is 15.8. The van der Waals surface area contributed by atoms with Crippen molar-refractivity contribution < 1.29 is 9.15 Å². The highest BCUT2D eigenvalue weighted by Crippen LogP contribution is 2.34. The van der Waals surface area contributed by atoms with Gasteiger partial charge in [0, 0.05) is 10.4 Å². The zero-order valence-corrected chi connectivity index (χ0v) is 20.8. The molecule has 0 N–H and O–H groups in total. The normalized spacial score (nSPS) is 11.4. The Morgan fingerprint density at radius 3 is 2.80 bits per heavy atom. The third-order valence-electron chi connectivity index (χ3n) is 5.08. The van der Waals surface area contributed by atoms with Crippen molar-refractivity contribution in [3.05, 3.63) is 91.1 Å². The molecule has 0 saturated carbocycles. The molecule has 5 aromatic rings. The summed E-state index contributed by atoms with van der Waals surface area (Å²) in [6, 6.07) is 19.2. The number of hydrogen-bond acceptors (Lipinski definition) is 6. The highest BCUT2D eigenvalue weighted by molar-refractivity contribution is 9.10. The first-order valence-corrected chi connectivity index (χ1v) is 11.7. The van der Waals surface area contributed by atoms with E-state index in [-0.39, 0.29) is 23.0 Å². The molecule has 0 aliphatic carbocycles. The molecule has 0 amide bonds. The number of aromatic nitrogens is 2. The van der Waals surface area contributed by atoms with Gasteiger partial charge in [-0.1, -0.05) is 35.3 Å². The van der Waals surface area contributed by atoms with Crippen LogP contribution in [0.3, 0.4) is 0 Å². The Balaban J connectivity index is 1.65. The van der Waals surface area contributed by atoms with Crippen molar-refractivity contribution in [2.75, 3.05) is 6.61 Å². The molecule has 2 heterocycles. The number of ether oxygens (including phenoxy) is 1. The van der Waals surface area contributed by atoms with E-state index in [0.29, 0.717) is 43.1 Å². The molecule has 35 heavy (non-hydrogen) atoms. The molecule has 5 rings (SSSR count). The van der Waals surface area contributed by atoms with Gasteiger partial charge >= 0.3 is 0 Å². The molecule has 10 heteroatoms. The number of furan rings is 1. The molecule has 0 fully saturated rings. The van der Waals surface area contributed by atoms with Crippen molar-refractivity contribution >= 4 is 67.2 Å². The van der Waals surface area contributed by atoms with Gasteiger partial charge < -0.3 is 9.15 Å². The monoisotopic (exact) mass is 566 g/mol.